The summed E-state index contributed by atoms with van der Waals surface area (Å²) in [5.74, 6) is 0.876. The number of aliphatic hydroxyl groups is 1. The quantitative estimate of drug-likeness (QED) is 0.784. The van der Waals surface area contributed by atoms with Crippen molar-refractivity contribution in [3.8, 4) is 5.75 Å². The van der Waals surface area contributed by atoms with Crippen molar-refractivity contribution in [1.29, 1.82) is 0 Å². The van der Waals surface area contributed by atoms with Gasteiger partial charge < -0.3 is 15.6 Å². The second-order valence-corrected chi connectivity index (χ2v) is 5.27. The Morgan fingerprint density at radius 1 is 1.16 bits per heavy atom. The highest BCUT2D eigenvalue weighted by molar-refractivity contribution is 5.83. The largest absolute Gasteiger partial charge is 0.494 e. The van der Waals surface area contributed by atoms with Gasteiger partial charge in [0.25, 0.3) is 0 Å². The fourth-order valence-electron chi connectivity index (χ4n) is 2.00. The van der Waals surface area contributed by atoms with Gasteiger partial charge in [0, 0.05) is 5.54 Å². The van der Waals surface area contributed by atoms with Crippen LogP contribution >= 0.6 is 0 Å². The molecule has 102 valence electrons. The molecule has 2 aromatic carbocycles. The minimum absolute atomic E-state index is 0.00295. The van der Waals surface area contributed by atoms with Crippen LogP contribution in [0.3, 0.4) is 0 Å². The lowest BCUT2D eigenvalue weighted by atomic mass is 9.99. The van der Waals surface area contributed by atoms with Gasteiger partial charge in [0.2, 0.25) is 0 Å². The molecule has 0 heterocycles. The maximum atomic E-state index is 9.06. The Morgan fingerprint density at radius 2 is 1.89 bits per heavy atom. The Hall–Kier alpha value is -1.58. The van der Waals surface area contributed by atoms with E-state index in [1.54, 1.807) is 0 Å². The van der Waals surface area contributed by atoms with E-state index >= 15 is 0 Å². The van der Waals surface area contributed by atoms with Crippen molar-refractivity contribution >= 4 is 10.8 Å². The molecule has 0 spiro atoms. The van der Waals surface area contributed by atoms with Crippen LogP contribution in [-0.2, 0) is 0 Å². The maximum absolute atomic E-state index is 9.06. The normalized spacial score (nSPS) is 14.3. The summed E-state index contributed by atoms with van der Waals surface area (Å²) in [6.07, 6.45) is 1.58. The third kappa shape index (κ3) is 3.94. The van der Waals surface area contributed by atoms with E-state index in [9.17, 15) is 0 Å². The maximum Gasteiger partial charge on any atom is 0.119 e. The fourth-order valence-corrected chi connectivity index (χ4v) is 2.00. The monoisotopic (exact) mass is 259 g/mol. The molecule has 3 N–H and O–H groups in total. The second-order valence-electron chi connectivity index (χ2n) is 5.27. The summed E-state index contributed by atoms with van der Waals surface area (Å²) in [6.45, 7) is 2.47. The van der Waals surface area contributed by atoms with Crippen molar-refractivity contribution < 1.29 is 9.84 Å². The van der Waals surface area contributed by atoms with Crippen molar-refractivity contribution in [3.63, 3.8) is 0 Å². The predicted octanol–water partition coefficient (Wildman–Crippen LogP) is 2.71. The summed E-state index contributed by atoms with van der Waals surface area (Å²) in [5, 5.41) is 11.5. The first-order valence-corrected chi connectivity index (χ1v) is 6.62. The van der Waals surface area contributed by atoms with Gasteiger partial charge in [-0.15, -0.1) is 0 Å². The number of fused-ring (bicyclic) bond motifs is 1. The Bertz CT molecular complexity index is 537. The zero-order chi connectivity index (χ0) is 13.7. The lowest BCUT2D eigenvalue weighted by Crippen LogP contribution is -2.40. The average molecular weight is 259 g/mol. The van der Waals surface area contributed by atoms with Gasteiger partial charge in [0.15, 0.2) is 0 Å². The third-order valence-corrected chi connectivity index (χ3v) is 3.24. The van der Waals surface area contributed by atoms with E-state index in [2.05, 4.69) is 18.2 Å². The lowest BCUT2D eigenvalue weighted by molar-refractivity contribution is 0.188. The number of ether oxygens (including phenoxy) is 1. The molecular formula is C16H21NO2. The van der Waals surface area contributed by atoms with Crippen molar-refractivity contribution in [2.24, 2.45) is 5.73 Å². The van der Waals surface area contributed by atoms with Crippen LogP contribution in [0.4, 0.5) is 0 Å². The third-order valence-electron chi connectivity index (χ3n) is 3.24. The minimum atomic E-state index is -0.507. The van der Waals surface area contributed by atoms with Gasteiger partial charge in [-0.25, -0.2) is 0 Å². The van der Waals surface area contributed by atoms with Gasteiger partial charge in [-0.3, -0.25) is 0 Å². The summed E-state index contributed by atoms with van der Waals surface area (Å²) < 4.78 is 5.72. The lowest BCUT2D eigenvalue weighted by Gasteiger charge is -2.21. The fraction of sp³-hybridized carbons (Fsp3) is 0.375. The predicted molar refractivity (Wildman–Crippen MR) is 78.4 cm³/mol. The van der Waals surface area contributed by atoms with Crippen LogP contribution in [0, 0.1) is 0 Å². The number of aliphatic hydroxyl groups excluding tert-OH is 1. The number of hydrogen-bond acceptors (Lipinski definition) is 3. The first-order chi connectivity index (χ1) is 9.11. The Morgan fingerprint density at radius 3 is 2.63 bits per heavy atom. The number of nitrogens with two attached hydrogens (primary N) is 1. The first kappa shape index (κ1) is 13.8. The zero-order valence-electron chi connectivity index (χ0n) is 11.3. The van der Waals surface area contributed by atoms with Crippen molar-refractivity contribution in [1.82, 2.24) is 0 Å². The summed E-state index contributed by atoms with van der Waals surface area (Å²) in [7, 11) is 0. The van der Waals surface area contributed by atoms with Gasteiger partial charge >= 0.3 is 0 Å². The van der Waals surface area contributed by atoms with Crippen LogP contribution in [0.25, 0.3) is 10.8 Å². The van der Waals surface area contributed by atoms with Crippen molar-refractivity contribution in [2.45, 2.75) is 25.3 Å². The minimum Gasteiger partial charge on any atom is -0.494 e. The van der Waals surface area contributed by atoms with Gasteiger partial charge in [0.1, 0.15) is 5.75 Å². The van der Waals surface area contributed by atoms with Crippen LogP contribution < -0.4 is 10.5 Å². The van der Waals surface area contributed by atoms with Gasteiger partial charge in [-0.05, 0) is 42.7 Å². The highest BCUT2D eigenvalue weighted by Gasteiger charge is 2.15. The smallest absolute Gasteiger partial charge is 0.119 e. The molecule has 1 unspecified atom stereocenters. The summed E-state index contributed by atoms with van der Waals surface area (Å²) in [5.41, 5.74) is 5.36. The highest BCUT2D eigenvalue weighted by Crippen LogP contribution is 2.21. The SMILES string of the molecule is CC(N)(CO)CCCOc1ccc2ccccc2c1. The van der Waals surface area contributed by atoms with E-state index in [0.29, 0.717) is 6.61 Å². The van der Waals surface area contributed by atoms with E-state index in [0.717, 1.165) is 18.6 Å². The summed E-state index contributed by atoms with van der Waals surface area (Å²) in [6, 6.07) is 14.3. The van der Waals surface area contributed by atoms with Crippen LogP contribution in [0.15, 0.2) is 42.5 Å². The van der Waals surface area contributed by atoms with Gasteiger partial charge in [-0.1, -0.05) is 30.3 Å². The molecule has 19 heavy (non-hydrogen) atoms. The standard InChI is InChI=1S/C16H21NO2/c1-16(17,12-18)9-4-10-19-15-8-7-13-5-2-3-6-14(13)11-15/h2-3,5-8,11,18H,4,9-10,12,17H2,1H3. The molecule has 0 aromatic heterocycles. The molecule has 3 nitrogen and oxygen atoms in total. The first-order valence-electron chi connectivity index (χ1n) is 6.62. The van der Waals surface area contributed by atoms with E-state index in [1.165, 1.54) is 10.8 Å². The van der Waals surface area contributed by atoms with Crippen molar-refractivity contribution in [2.75, 3.05) is 13.2 Å². The highest BCUT2D eigenvalue weighted by atomic mass is 16.5. The molecule has 2 rings (SSSR count). The average Bonchev–Trinajstić information content (AvgIpc) is 2.43. The van der Waals surface area contributed by atoms with E-state index in [4.69, 9.17) is 15.6 Å². The molecule has 2 aromatic rings. The topological polar surface area (TPSA) is 55.5 Å². The molecule has 0 fully saturated rings. The molecule has 0 radical (unpaired) electrons. The Balaban J connectivity index is 1.88. The van der Waals surface area contributed by atoms with Crippen molar-refractivity contribution in [3.05, 3.63) is 42.5 Å². The number of benzene rings is 2. The Labute approximate surface area is 114 Å². The number of hydrogen-bond donors (Lipinski definition) is 2. The molecule has 0 aliphatic rings. The van der Waals surface area contributed by atoms with E-state index < -0.39 is 5.54 Å². The molecule has 0 aliphatic carbocycles. The molecule has 1 atom stereocenters. The number of rotatable bonds is 6. The second kappa shape index (κ2) is 6.04. The molecular weight excluding hydrogens is 238 g/mol. The molecule has 0 saturated heterocycles. The Kier molecular flexibility index (Phi) is 4.40. The summed E-state index contributed by atoms with van der Waals surface area (Å²) in [4.78, 5) is 0. The van der Waals surface area contributed by atoms with E-state index in [1.807, 2.05) is 31.2 Å². The van der Waals surface area contributed by atoms with Crippen LogP contribution in [0.2, 0.25) is 0 Å². The molecule has 0 aliphatic heterocycles. The van der Waals surface area contributed by atoms with Gasteiger partial charge in [0.05, 0.1) is 13.2 Å². The van der Waals surface area contributed by atoms with Crippen LogP contribution in [-0.4, -0.2) is 23.9 Å². The van der Waals surface area contributed by atoms with Crippen LogP contribution in [0.1, 0.15) is 19.8 Å². The molecule has 3 heteroatoms. The van der Waals surface area contributed by atoms with Crippen LogP contribution in [0.5, 0.6) is 5.75 Å². The molecule has 0 bridgehead atoms. The van der Waals surface area contributed by atoms with E-state index in [-0.39, 0.29) is 6.61 Å². The molecule has 0 saturated carbocycles. The molecule has 0 amide bonds. The summed E-state index contributed by atoms with van der Waals surface area (Å²) >= 11 is 0. The zero-order valence-corrected chi connectivity index (χ0v) is 11.3. The van der Waals surface area contributed by atoms with Gasteiger partial charge in [-0.2, -0.15) is 0 Å².